The predicted octanol–water partition coefficient (Wildman–Crippen LogP) is -10.00. The molecule has 8 nitrogen and oxygen atoms in total. The molecule has 0 aromatic rings. The van der Waals surface area contributed by atoms with E-state index in [9.17, 15) is 34.5 Å². The monoisotopic (exact) mass is 414 g/mol. The first kappa shape index (κ1) is 38.5. The first-order valence-corrected chi connectivity index (χ1v) is 8.07. The quantitative estimate of drug-likeness (QED) is 0.217. The van der Waals surface area contributed by atoms with Gasteiger partial charge in [-0.05, 0) is 44.9 Å². The van der Waals surface area contributed by atoms with Crippen LogP contribution in [-0.4, -0.2) is 29.0 Å². The van der Waals surface area contributed by atoms with E-state index in [2.05, 4.69) is 0 Å². The molecule has 0 saturated carbocycles. The van der Waals surface area contributed by atoms with E-state index in [1.165, 1.54) is 0 Å². The third-order valence-electron chi connectivity index (χ3n) is 3.03. The Morgan fingerprint density at radius 2 is 0.704 bits per heavy atom. The van der Waals surface area contributed by atoms with Crippen LogP contribution in [0.5, 0.6) is 0 Å². The maximum Gasteiger partial charge on any atom is 1.00 e. The fourth-order valence-electron chi connectivity index (χ4n) is 1.79. The Morgan fingerprint density at radius 1 is 0.481 bits per heavy atom. The number of carboxylic acids is 4. The van der Waals surface area contributed by atoms with Crippen LogP contribution in [0.15, 0.2) is 0 Å². The van der Waals surface area contributed by atoms with Crippen LogP contribution >= 0.6 is 0 Å². The minimum Gasteiger partial charge on any atom is -0.550 e. The van der Waals surface area contributed by atoms with Crippen LogP contribution in [0.4, 0.5) is 0 Å². The molecule has 0 aliphatic rings. The van der Waals surface area contributed by atoms with Crippen molar-refractivity contribution in [3.8, 4) is 0 Å². The maximum atomic E-state index is 10.1. The molecule has 0 heterocycles. The number of hydrogen-bond donors (Lipinski definition) is 1. The zero-order valence-corrected chi connectivity index (χ0v) is 22.8. The van der Waals surface area contributed by atoms with Crippen LogP contribution in [0.25, 0.3) is 0 Å². The number of carboxylic acid groups (broad SMARTS) is 4. The number of unbranched alkanes of at least 4 members (excludes halogenated alkanes) is 6. The Hall–Kier alpha value is 0.880. The van der Waals surface area contributed by atoms with E-state index in [4.69, 9.17) is 5.11 Å². The minimum atomic E-state index is -1.14. The summed E-state index contributed by atoms with van der Waals surface area (Å²) in [5.41, 5.74) is 0. The molecule has 140 valence electrons. The van der Waals surface area contributed by atoms with Crippen molar-refractivity contribution in [2.75, 3.05) is 0 Å². The van der Waals surface area contributed by atoms with E-state index < -0.39 is 23.9 Å². The van der Waals surface area contributed by atoms with E-state index in [1.807, 2.05) is 0 Å². The molecule has 0 radical (unpaired) electrons. The third kappa shape index (κ3) is 46.7. The molecule has 0 unspecified atom stereocenters. The largest absolute Gasteiger partial charge is 1.00 e. The normalized spacial score (nSPS) is 8.59. The fourth-order valence-corrected chi connectivity index (χ4v) is 1.79. The van der Waals surface area contributed by atoms with Crippen LogP contribution < -0.4 is 104 Å². The molecule has 0 spiro atoms. The van der Waals surface area contributed by atoms with Crippen molar-refractivity contribution < 1.29 is 128 Å². The molecule has 0 aromatic heterocycles. The van der Waals surface area contributed by atoms with Gasteiger partial charge in [0.25, 0.3) is 0 Å². The molecular weight excluding hydrogens is 389 g/mol. The summed E-state index contributed by atoms with van der Waals surface area (Å²) in [4.78, 5) is 39.7. The third-order valence-corrected chi connectivity index (χ3v) is 3.03. The average Bonchev–Trinajstić information content (AvgIpc) is 2.46. The van der Waals surface area contributed by atoms with Gasteiger partial charge in [-0.3, -0.25) is 4.79 Å². The number of rotatable bonds is 14. The first-order chi connectivity index (χ1) is 11.3. The molecule has 0 aliphatic heterocycles. The molecule has 0 fully saturated rings. The smallest absolute Gasteiger partial charge is 0.550 e. The zero-order valence-electron chi connectivity index (χ0n) is 16.8. The number of aliphatic carboxylic acids is 4. The molecule has 0 atom stereocenters. The Kier molecular flexibility index (Phi) is 41.5. The van der Waals surface area contributed by atoms with Crippen molar-refractivity contribution in [3.05, 3.63) is 0 Å². The van der Waals surface area contributed by atoms with Crippen molar-refractivity contribution in [3.63, 3.8) is 0 Å². The summed E-state index contributed by atoms with van der Waals surface area (Å²) in [5.74, 6) is -4.02. The Labute approximate surface area is 226 Å². The molecule has 0 amide bonds. The van der Waals surface area contributed by atoms with Gasteiger partial charge in [0.1, 0.15) is 0 Å². The number of carbonyl (C=O) groups excluding carboxylic acids is 3. The van der Waals surface area contributed by atoms with Crippen molar-refractivity contribution in [2.45, 2.75) is 77.0 Å². The average molecular weight is 414 g/mol. The summed E-state index contributed by atoms with van der Waals surface area (Å²) in [5, 5.41) is 37.9. The van der Waals surface area contributed by atoms with E-state index in [-0.39, 0.29) is 114 Å². The van der Waals surface area contributed by atoms with E-state index in [0.717, 1.165) is 32.1 Å². The van der Waals surface area contributed by atoms with Gasteiger partial charge in [-0.25, -0.2) is 0 Å². The van der Waals surface area contributed by atoms with Crippen LogP contribution in [0.3, 0.4) is 0 Å². The van der Waals surface area contributed by atoms with E-state index >= 15 is 0 Å². The van der Waals surface area contributed by atoms with Gasteiger partial charge in [-0.1, -0.05) is 25.7 Å². The summed E-state index contributed by atoms with van der Waals surface area (Å²) in [6.07, 6.45) is 6.06. The molecule has 27 heavy (non-hydrogen) atoms. The van der Waals surface area contributed by atoms with Crippen LogP contribution in [0, 0.1) is 0 Å². The fraction of sp³-hybridized carbons (Fsp3) is 0.750. The van der Waals surface area contributed by atoms with E-state index in [1.54, 1.807) is 0 Å². The molecule has 0 aromatic carbocycles. The van der Waals surface area contributed by atoms with E-state index in [0.29, 0.717) is 19.3 Å². The van der Waals surface area contributed by atoms with Crippen LogP contribution in [0.1, 0.15) is 77.0 Å². The molecule has 0 rings (SSSR count). The van der Waals surface area contributed by atoms with Gasteiger partial charge in [-0.2, -0.15) is 0 Å². The molecule has 0 aliphatic carbocycles. The van der Waals surface area contributed by atoms with Gasteiger partial charge in [0.05, 0.1) is 0 Å². The van der Waals surface area contributed by atoms with Gasteiger partial charge < -0.3 is 34.8 Å². The topological polar surface area (TPSA) is 158 Å². The van der Waals surface area contributed by atoms with Crippen LogP contribution in [-0.2, 0) is 19.2 Å². The molecule has 0 bridgehead atoms. The molecular formula is C16H25Na3O8. The Bertz CT molecular complexity index is 356. The second kappa shape index (κ2) is 29.1. The SMILES string of the molecule is O=C([O-])CCCCC(=O)[O-].O=C([O-])CCCCCCCCC(=O)O.[Na+].[Na+].[Na+]. The molecule has 0 saturated heterocycles. The minimum absolute atomic E-state index is 0. The maximum absolute atomic E-state index is 10.1. The molecule has 1 N–H and O–H groups in total. The summed E-state index contributed by atoms with van der Waals surface area (Å²) < 4.78 is 0. The first-order valence-electron chi connectivity index (χ1n) is 8.07. The van der Waals surface area contributed by atoms with Crippen molar-refractivity contribution in [1.29, 1.82) is 0 Å². The summed E-state index contributed by atoms with van der Waals surface area (Å²) in [6, 6.07) is 0. The van der Waals surface area contributed by atoms with Gasteiger partial charge >= 0.3 is 94.6 Å². The number of hydrogen-bond acceptors (Lipinski definition) is 7. The molecule has 11 heteroatoms. The Morgan fingerprint density at radius 3 is 0.963 bits per heavy atom. The van der Waals surface area contributed by atoms with Gasteiger partial charge in [0.2, 0.25) is 0 Å². The second-order valence-corrected chi connectivity index (χ2v) is 5.34. The van der Waals surface area contributed by atoms with Crippen molar-refractivity contribution in [2.24, 2.45) is 0 Å². The standard InChI is InChI=1S/C10H18O4.C6H10O4.3Na/c11-9(12)7-5-3-1-2-4-6-8-10(13)14;7-5(8)3-1-2-4-6(9)10;;;/h1-8H2,(H,11,12)(H,13,14);1-4H2,(H,7,8)(H,9,10);;;/q;;3*+1/p-3. The van der Waals surface area contributed by atoms with Gasteiger partial charge in [0, 0.05) is 24.3 Å². The van der Waals surface area contributed by atoms with Crippen molar-refractivity contribution in [1.82, 2.24) is 0 Å². The summed E-state index contributed by atoms with van der Waals surface area (Å²) in [7, 11) is 0. The van der Waals surface area contributed by atoms with Crippen LogP contribution in [0.2, 0.25) is 0 Å². The number of carbonyl (C=O) groups is 4. The predicted molar refractivity (Wildman–Crippen MR) is 78.1 cm³/mol. The summed E-state index contributed by atoms with van der Waals surface area (Å²) >= 11 is 0. The second-order valence-electron chi connectivity index (χ2n) is 5.34. The van der Waals surface area contributed by atoms with Crippen molar-refractivity contribution >= 4 is 23.9 Å². The Balaban J connectivity index is -0.000000112. The summed E-state index contributed by atoms with van der Waals surface area (Å²) in [6.45, 7) is 0. The zero-order chi connectivity index (χ0) is 18.8. The van der Waals surface area contributed by atoms with Gasteiger partial charge in [-0.15, -0.1) is 0 Å². The van der Waals surface area contributed by atoms with Gasteiger partial charge in [0.15, 0.2) is 0 Å².